The van der Waals surface area contributed by atoms with E-state index in [9.17, 15) is 0 Å². The van der Waals surface area contributed by atoms with Crippen LogP contribution in [0.4, 0.5) is 0 Å². The zero-order chi connectivity index (χ0) is 19.2. The highest BCUT2D eigenvalue weighted by molar-refractivity contribution is 5.88. The minimum Gasteiger partial charge on any atom is -0.497 e. The van der Waals surface area contributed by atoms with Gasteiger partial charge in [-0.05, 0) is 75.2 Å². The van der Waals surface area contributed by atoms with Gasteiger partial charge in [0, 0.05) is 12.0 Å². The van der Waals surface area contributed by atoms with Gasteiger partial charge in [0.05, 0.1) is 12.7 Å². The topological polar surface area (TPSA) is 27.7 Å². The Labute approximate surface area is 161 Å². The van der Waals surface area contributed by atoms with Crippen molar-refractivity contribution in [3.8, 4) is 17.2 Å². The van der Waals surface area contributed by atoms with Crippen LogP contribution >= 0.6 is 0 Å². The molecule has 0 saturated heterocycles. The third-order valence-corrected chi connectivity index (χ3v) is 4.98. The number of hydrogen-bond donors (Lipinski definition) is 0. The van der Waals surface area contributed by atoms with Crippen LogP contribution in [-0.2, 0) is 0 Å². The highest BCUT2D eigenvalue weighted by Crippen LogP contribution is 2.48. The highest BCUT2D eigenvalue weighted by Gasteiger charge is 2.34. The first kappa shape index (κ1) is 17.7. The van der Waals surface area contributed by atoms with Crippen molar-refractivity contribution < 1.29 is 14.2 Å². The van der Waals surface area contributed by atoms with Gasteiger partial charge in [0.25, 0.3) is 0 Å². The molecule has 0 spiro atoms. The Morgan fingerprint density at radius 2 is 1.70 bits per heavy atom. The molecule has 0 aromatic heterocycles. The van der Waals surface area contributed by atoms with E-state index in [1.165, 1.54) is 5.57 Å². The van der Waals surface area contributed by atoms with E-state index in [0.29, 0.717) is 0 Å². The molecule has 0 saturated carbocycles. The van der Waals surface area contributed by atoms with Crippen molar-refractivity contribution in [1.82, 2.24) is 0 Å². The van der Waals surface area contributed by atoms with E-state index in [0.717, 1.165) is 40.4 Å². The molecule has 0 bridgehead atoms. The maximum absolute atomic E-state index is 6.40. The molecule has 140 valence electrons. The van der Waals surface area contributed by atoms with Crippen molar-refractivity contribution in [2.75, 3.05) is 7.11 Å². The summed E-state index contributed by atoms with van der Waals surface area (Å²) in [6.07, 6.45) is 7.31. The maximum Gasteiger partial charge on any atom is 0.138 e. The van der Waals surface area contributed by atoms with Crippen molar-refractivity contribution in [2.45, 2.75) is 45.3 Å². The smallest absolute Gasteiger partial charge is 0.138 e. The highest BCUT2D eigenvalue weighted by atomic mass is 16.5. The van der Waals surface area contributed by atoms with Crippen molar-refractivity contribution in [3.63, 3.8) is 0 Å². The molecule has 2 aromatic rings. The van der Waals surface area contributed by atoms with E-state index in [4.69, 9.17) is 14.2 Å². The van der Waals surface area contributed by atoms with E-state index >= 15 is 0 Å². The Morgan fingerprint density at radius 3 is 2.41 bits per heavy atom. The van der Waals surface area contributed by atoms with Gasteiger partial charge in [0.1, 0.15) is 28.5 Å². The lowest BCUT2D eigenvalue weighted by atomic mass is 9.86. The Morgan fingerprint density at radius 1 is 0.963 bits per heavy atom. The van der Waals surface area contributed by atoms with E-state index in [2.05, 4.69) is 70.2 Å². The van der Waals surface area contributed by atoms with Crippen LogP contribution in [0, 0.1) is 0 Å². The van der Waals surface area contributed by atoms with Gasteiger partial charge < -0.3 is 14.2 Å². The number of benzene rings is 2. The Bertz CT molecular complexity index is 931. The molecule has 2 heterocycles. The molecular formula is C24H26O3. The van der Waals surface area contributed by atoms with Gasteiger partial charge in [0.15, 0.2) is 0 Å². The lowest BCUT2D eigenvalue weighted by Gasteiger charge is -2.37. The van der Waals surface area contributed by atoms with Crippen LogP contribution in [0.3, 0.4) is 0 Å². The fraction of sp³-hybridized carbons (Fsp3) is 0.333. The standard InChI is InChI=1S/C24H26O3/c1-23(2)13-12-20-21(26-23)11-10-19-17(15-24(3,4)27-22(19)20)14-16-6-8-18(25-5)9-7-16/h6-14H,15H2,1-5H3/b17-14+. The molecule has 2 aromatic carbocycles. The lowest BCUT2D eigenvalue weighted by Crippen LogP contribution is -2.33. The zero-order valence-corrected chi connectivity index (χ0v) is 16.6. The second kappa shape index (κ2) is 6.19. The van der Waals surface area contributed by atoms with E-state index in [-0.39, 0.29) is 11.2 Å². The van der Waals surface area contributed by atoms with Gasteiger partial charge in [0.2, 0.25) is 0 Å². The quantitative estimate of drug-likeness (QED) is 0.657. The van der Waals surface area contributed by atoms with Gasteiger partial charge >= 0.3 is 0 Å². The third-order valence-electron chi connectivity index (χ3n) is 4.98. The van der Waals surface area contributed by atoms with Gasteiger partial charge in [-0.15, -0.1) is 0 Å². The monoisotopic (exact) mass is 362 g/mol. The Hall–Kier alpha value is -2.68. The van der Waals surface area contributed by atoms with Crippen LogP contribution in [0.2, 0.25) is 0 Å². The molecule has 0 radical (unpaired) electrons. The predicted octanol–water partition coefficient (Wildman–Crippen LogP) is 5.98. The number of hydrogen-bond acceptors (Lipinski definition) is 3. The summed E-state index contributed by atoms with van der Waals surface area (Å²) in [5.41, 5.74) is 4.01. The predicted molar refractivity (Wildman–Crippen MR) is 110 cm³/mol. The average molecular weight is 362 g/mol. The van der Waals surface area contributed by atoms with Gasteiger partial charge in [-0.1, -0.05) is 18.2 Å². The van der Waals surface area contributed by atoms with Crippen molar-refractivity contribution in [2.24, 2.45) is 0 Å². The molecule has 0 aliphatic carbocycles. The average Bonchev–Trinajstić information content (AvgIpc) is 2.60. The Kier molecular flexibility index (Phi) is 4.06. The van der Waals surface area contributed by atoms with E-state index in [1.54, 1.807) is 7.11 Å². The first-order chi connectivity index (χ1) is 12.8. The van der Waals surface area contributed by atoms with E-state index < -0.39 is 0 Å². The number of methoxy groups -OCH3 is 1. The van der Waals surface area contributed by atoms with Crippen molar-refractivity contribution >= 4 is 17.7 Å². The molecule has 2 aliphatic rings. The van der Waals surface area contributed by atoms with Gasteiger partial charge in [-0.25, -0.2) is 0 Å². The molecule has 3 heteroatoms. The normalized spacial score (nSPS) is 20.3. The zero-order valence-electron chi connectivity index (χ0n) is 16.6. The summed E-state index contributed by atoms with van der Waals surface area (Å²) in [5.74, 6) is 2.65. The van der Waals surface area contributed by atoms with Crippen molar-refractivity contribution in [1.29, 1.82) is 0 Å². The van der Waals surface area contributed by atoms with Crippen LogP contribution in [0.25, 0.3) is 17.7 Å². The summed E-state index contributed by atoms with van der Waals surface area (Å²) in [5, 5.41) is 0. The summed E-state index contributed by atoms with van der Waals surface area (Å²) in [6.45, 7) is 8.39. The third kappa shape index (κ3) is 3.46. The molecule has 2 aliphatic heterocycles. The summed E-state index contributed by atoms with van der Waals surface area (Å²) < 4.78 is 17.8. The summed E-state index contributed by atoms with van der Waals surface area (Å²) in [6, 6.07) is 12.3. The van der Waals surface area contributed by atoms with E-state index in [1.807, 2.05) is 12.1 Å². The summed E-state index contributed by atoms with van der Waals surface area (Å²) in [4.78, 5) is 0. The lowest BCUT2D eigenvalue weighted by molar-refractivity contribution is 0.105. The van der Waals surface area contributed by atoms with Crippen LogP contribution in [0.15, 0.2) is 42.5 Å². The molecule has 0 N–H and O–H groups in total. The second-order valence-electron chi connectivity index (χ2n) is 8.37. The first-order valence-corrected chi connectivity index (χ1v) is 9.36. The largest absolute Gasteiger partial charge is 0.497 e. The van der Waals surface area contributed by atoms with Crippen LogP contribution in [-0.4, -0.2) is 18.3 Å². The molecule has 4 rings (SSSR count). The number of fused-ring (bicyclic) bond motifs is 3. The summed E-state index contributed by atoms with van der Waals surface area (Å²) in [7, 11) is 1.69. The summed E-state index contributed by atoms with van der Waals surface area (Å²) >= 11 is 0. The minimum absolute atomic E-state index is 0.277. The fourth-order valence-electron chi connectivity index (χ4n) is 3.69. The van der Waals surface area contributed by atoms with Gasteiger partial charge in [-0.2, -0.15) is 0 Å². The van der Waals surface area contributed by atoms with Crippen molar-refractivity contribution in [3.05, 3.63) is 59.2 Å². The fourth-order valence-corrected chi connectivity index (χ4v) is 3.69. The maximum atomic E-state index is 6.40. The number of rotatable bonds is 2. The Balaban J connectivity index is 1.81. The van der Waals surface area contributed by atoms with Crippen LogP contribution in [0.1, 0.15) is 50.8 Å². The molecule has 0 unspecified atom stereocenters. The minimum atomic E-state index is -0.298. The molecule has 3 nitrogen and oxygen atoms in total. The molecule has 0 fully saturated rings. The first-order valence-electron chi connectivity index (χ1n) is 9.36. The molecule has 0 atom stereocenters. The van der Waals surface area contributed by atoms with Crippen LogP contribution < -0.4 is 14.2 Å². The molecular weight excluding hydrogens is 336 g/mol. The second-order valence-corrected chi connectivity index (χ2v) is 8.37. The van der Waals surface area contributed by atoms with Gasteiger partial charge in [-0.3, -0.25) is 0 Å². The molecule has 27 heavy (non-hydrogen) atoms. The van der Waals surface area contributed by atoms with Crippen LogP contribution in [0.5, 0.6) is 17.2 Å². The SMILES string of the molecule is COc1ccc(/C=C2\CC(C)(C)Oc3c2ccc2c3C=CC(C)(C)O2)cc1. The molecule has 0 amide bonds. The number of ether oxygens (including phenoxy) is 3.